The lowest BCUT2D eigenvalue weighted by Crippen LogP contribution is -2.33. The first-order valence-electron chi connectivity index (χ1n) is 7.69. The molecule has 0 unspecified atom stereocenters. The van der Waals surface area contributed by atoms with Crippen LogP contribution < -0.4 is 21.5 Å². The number of carbonyl (C=O) groups excluding carboxylic acids is 2. The first-order chi connectivity index (χ1) is 12.3. The number of hydrogen-bond acceptors (Lipinski definition) is 5. The van der Waals surface area contributed by atoms with Gasteiger partial charge in [0.05, 0.1) is 24.5 Å². The molecule has 2 heterocycles. The van der Waals surface area contributed by atoms with Crippen molar-refractivity contribution in [2.75, 3.05) is 18.0 Å². The maximum Gasteiger partial charge on any atom is 0.414 e. The molecular weight excluding hydrogens is 347 g/mol. The highest BCUT2D eigenvalue weighted by molar-refractivity contribution is 5.90. The zero-order valence-corrected chi connectivity index (χ0v) is 13.7. The Hall–Kier alpha value is -3.43. The average Bonchev–Trinajstić information content (AvgIpc) is 2.94. The van der Waals surface area contributed by atoms with Crippen molar-refractivity contribution in [1.29, 1.82) is 0 Å². The quantitative estimate of drug-likeness (QED) is 0.802. The van der Waals surface area contributed by atoms with E-state index in [2.05, 4.69) is 5.32 Å². The number of nitrogens with zero attached hydrogens (tertiary/aromatic N) is 2. The highest BCUT2D eigenvalue weighted by atomic mass is 19.1. The molecule has 0 bridgehead atoms. The van der Waals surface area contributed by atoms with Crippen molar-refractivity contribution >= 4 is 17.7 Å². The van der Waals surface area contributed by atoms with Crippen LogP contribution in [-0.4, -0.2) is 40.7 Å². The molecule has 2 N–H and O–H groups in total. The van der Waals surface area contributed by atoms with E-state index in [1.165, 1.54) is 24.0 Å². The minimum absolute atomic E-state index is 0.0719. The standard InChI is InChI=1S/C16H15FN4O5/c1-9(22)18-7-11-8-21(16(25)26-11)10-2-3-13(12(17)6-10)20-5-4-14(23)19-15(20)24/h2-6,11H,7-8H2,1H3,(H,18,22)(H,19,23,24)/t11-/m0/s1. The van der Waals surface area contributed by atoms with Gasteiger partial charge in [-0.15, -0.1) is 0 Å². The summed E-state index contributed by atoms with van der Waals surface area (Å²) in [7, 11) is 0. The normalized spacial score (nSPS) is 16.5. The second-order valence-corrected chi connectivity index (χ2v) is 5.67. The number of ether oxygens (including phenoxy) is 1. The molecule has 0 radical (unpaired) electrons. The van der Waals surface area contributed by atoms with Crippen molar-refractivity contribution in [2.24, 2.45) is 0 Å². The van der Waals surface area contributed by atoms with Crippen molar-refractivity contribution in [3.8, 4) is 5.69 Å². The molecule has 0 saturated carbocycles. The molecule has 1 aromatic heterocycles. The van der Waals surface area contributed by atoms with Gasteiger partial charge in [0.2, 0.25) is 5.91 Å². The van der Waals surface area contributed by atoms with Crippen LogP contribution in [0.5, 0.6) is 0 Å². The molecule has 1 aromatic carbocycles. The number of carbonyl (C=O) groups is 2. The molecular formula is C16H15FN4O5. The fourth-order valence-corrected chi connectivity index (χ4v) is 2.56. The van der Waals surface area contributed by atoms with Gasteiger partial charge in [-0.1, -0.05) is 0 Å². The third-order valence-electron chi connectivity index (χ3n) is 3.78. The molecule has 1 aliphatic heterocycles. The van der Waals surface area contributed by atoms with E-state index in [4.69, 9.17) is 4.74 Å². The fraction of sp³-hybridized carbons (Fsp3) is 0.250. The van der Waals surface area contributed by atoms with Crippen LogP contribution in [0.1, 0.15) is 6.92 Å². The van der Waals surface area contributed by atoms with Crippen molar-refractivity contribution < 1.29 is 18.7 Å². The fourth-order valence-electron chi connectivity index (χ4n) is 2.56. The number of aromatic amines is 1. The Balaban J connectivity index is 1.83. The van der Waals surface area contributed by atoms with Crippen LogP contribution in [0.4, 0.5) is 14.9 Å². The van der Waals surface area contributed by atoms with E-state index in [0.29, 0.717) is 0 Å². The maximum absolute atomic E-state index is 14.5. The molecule has 9 nitrogen and oxygen atoms in total. The maximum atomic E-state index is 14.5. The largest absolute Gasteiger partial charge is 0.442 e. The Morgan fingerprint density at radius 3 is 2.77 bits per heavy atom. The SMILES string of the molecule is CC(=O)NC[C@H]1CN(c2ccc(-n3ccc(=O)[nH]c3=O)c(F)c2)C(=O)O1. The number of H-pyrrole nitrogens is 1. The molecule has 0 aliphatic carbocycles. The third-order valence-corrected chi connectivity index (χ3v) is 3.78. The van der Waals surface area contributed by atoms with Gasteiger partial charge < -0.3 is 10.1 Å². The minimum Gasteiger partial charge on any atom is -0.442 e. The number of benzene rings is 1. The topological polar surface area (TPSA) is 113 Å². The molecule has 1 fully saturated rings. The predicted octanol–water partition coefficient (Wildman–Crippen LogP) is 0.126. The van der Waals surface area contributed by atoms with Gasteiger partial charge in [-0.2, -0.15) is 0 Å². The predicted molar refractivity (Wildman–Crippen MR) is 88.9 cm³/mol. The summed E-state index contributed by atoms with van der Waals surface area (Å²) in [5.74, 6) is -1.00. The first kappa shape index (κ1) is 17.4. The van der Waals surface area contributed by atoms with Crippen molar-refractivity contribution in [3.05, 3.63) is 57.1 Å². The van der Waals surface area contributed by atoms with Gasteiger partial charge in [-0.3, -0.25) is 24.0 Å². The summed E-state index contributed by atoms with van der Waals surface area (Å²) in [6.07, 6.45) is -0.0445. The summed E-state index contributed by atoms with van der Waals surface area (Å²) in [5, 5.41) is 2.55. The molecule has 136 valence electrons. The van der Waals surface area contributed by atoms with Crippen LogP contribution in [-0.2, 0) is 9.53 Å². The van der Waals surface area contributed by atoms with Crippen LogP contribution in [0.15, 0.2) is 40.1 Å². The van der Waals surface area contributed by atoms with E-state index < -0.39 is 29.3 Å². The van der Waals surface area contributed by atoms with Crippen LogP contribution in [0.2, 0.25) is 0 Å². The Morgan fingerprint density at radius 2 is 2.12 bits per heavy atom. The van der Waals surface area contributed by atoms with E-state index in [0.717, 1.165) is 22.9 Å². The van der Waals surface area contributed by atoms with Gasteiger partial charge in [0, 0.05) is 19.2 Å². The van der Waals surface area contributed by atoms with Crippen molar-refractivity contribution in [1.82, 2.24) is 14.9 Å². The number of cyclic esters (lactones) is 1. The molecule has 10 heteroatoms. The molecule has 26 heavy (non-hydrogen) atoms. The van der Waals surface area contributed by atoms with Gasteiger partial charge in [-0.05, 0) is 18.2 Å². The summed E-state index contributed by atoms with van der Waals surface area (Å²) >= 11 is 0. The van der Waals surface area contributed by atoms with Crippen LogP contribution in [0, 0.1) is 5.82 Å². The Morgan fingerprint density at radius 1 is 1.35 bits per heavy atom. The zero-order valence-electron chi connectivity index (χ0n) is 13.7. The monoisotopic (exact) mass is 362 g/mol. The third kappa shape index (κ3) is 3.48. The van der Waals surface area contributed by atoms with Gasteiger partial charge in [0.1, 0.15) is 11.9 Å². The number of amides is 2. The second-order valence-electron chi connectivity index (χ2n) is 5.67. The highest BCUT2D eigenvalue weighted by Crippen LogP contribution is 2.24. The zero-order chi connectivity index (χ0) is 18.8. The average molecular weight is 362 g/mol. The molecule has 3 rings (SSSR count). The Labute approximate surface area is 146 Å². The Kier molecular flexibility index (Phi) is 4.57. The number of nitrogens with one attached hydrogen (secondary N) is 2. The van der Waals surface area contributed by atoms with Gasteiger partial charge in [0.25, 0.3) is 5.56 Å². The summed E-state index contributed by atoms with van der Waals surface area (Å²) in [4.78, 5) is 49.0. The molecule has 0 spiro atoms. The lowest BCUT2D eigenvalue weighted by Gasteiger charge is -2.15. The van der Waals surface area contributed by atoms with Crippen LogP contribution in [0.25, 0.3) is 5.69 Å². The first-order valence-corrected chi connectivity index (χ1v) is 7.69. The van der Waals surface area contributed by atoms with Crippen molar-refractivity contribution in [2.45, 2.75) is 13.0 Å². The lowest BCUT2D eigenvalue weighted by atomic mass is 10.2. The number of anilines is 1. The Bertz CT molecular complexity index is 983. The highest BCUT2D eigenvalue weighted by Gasteiger charge is 2.32. The molecule has 1 saturated heterocycles. The van der Waals surface area contributed by atoms with Gasteiger partial charge >= 0.3 is 11.8 Å². The van der Waals surface area contributed by atoms with Gasteiger partial charge in [-0.25, -0.2) is 14.0 Å². The molecule has 1 atom stereocenters. The van der Waals surface area contributed by atoms with Crippen LogP contribution >= 0.6 is 0 Å². The van der Waals surface area contributed by atoms with Crippen molar-refractivity contribution in [3.63, 3.8) is 0 Å². The number of rotatable bonds is 4. The summed E-state index contributed by atoms with van der Waals surface area (Å²) < 4.78 is 20.5. The lowest BCUT2D eigenvalue weighted by molar-refractivity contribution is -0.119. The van der Waals surface area contributed by atoms with Crippen LogP contribution in [0.3, 0.4) is 0 Å². The molecule has 1 aliphatic rings. The number of halogens is 1. The summed E-state index contributed by atoms with van der Waals surface area (Å²) in [5.41, 5.74) is -1.19. The van der Waals surface area contributed by atoms with E-state index >= 15 is 0 Å². The minimum atomic E-state index is -0.778. The number of hydrogen-bond donors (Lipinski definition) is 2. The van der Waals surface area contributed by atoms with E-state index in [1.54, 1.807) is 0 Å². The van der Waals surface area contributed by atoms with E-state index in [9.17, 15) is 23.6 Å². The van der Waals surface area contributed by atoms with E-state index in [1.807, 2.05) is 4.98 Å². The van der Waals surface area contributed by atoms with Gasteiger partial charge in [0.15, 0.2) is 0 Å². The summed E-state index contributed by atoms with van der Waals surface area (Å²) in [6.45, 7) is 1.66. The summed E-state index contributed by atoms with van der Waals surface area (Å²) in [6, 6.07) is 4.96. The molecule has 2 aromatic rings. The van der Waals surface area contributed by atoms with E-state index in [-0.39, 0.29) is 30.4 Å². The molecule has 2 amide bonds. The smallest absolute Gasteiger partial charge is 0.414 e. The number of aromatic nitrogens is 2. The second kappa shape index (κ2) is 6.82.